The van der Waals surface area contributed by atoms with Crippen molar-refractivity contribution in [3.8, 4) is 0 Å². The second-order valence-corrected chi connectivity index (χ2v) is 6.13. The number of urea groups is 1. The van der Waals surface area contributed by atoms with Gasteiger partial charge in [-0.1, -0.05) is 6.07 Å². The van der Waals surface area contributed by atoms with Gasteiger partial charge in [0.2, 0.25) is 5.91 Å². The van der Waals surface area contributed by atoms with Crippen LogP contribution in [0.25, 0.3) is 10.9 Å². The maximum atomic E-state index is 12.1. The average Bonchev–Trinajstić information content (AvgIpc) is 2.99. The Morgan fingerprint density at radius 1 is 1.25 bits per heavy atom. The van der Waals surface area contributed by atoms with Crippen molar-refractivity contribution in [3.63, 3.8) is 0 Å². The number of anilines is 1. The van der Waals surface area contributed by atoms with Crippen LogP contribution in [0.4, 0.5) is 10.5 Å². The van der Waals surface area contributed by atoms with Crippen LogP contribution in [-0.4, -0.2) is 48.9 Å². The minimum absolute atomic E-state index is 0.147. The van der Waals surface area contributed by atoms with Gasteiger partial charge in [0.15, 0.2) is 0 Å². The van der Waals surface area contributed by atoms with Crippen molar-refractivity contribution in [2.24, 2.45) is 0 Å². The molecule has 3 amide bonds. The topological polar surface area (TPSA) is 75.6 Å². The number of aromatic nitrogens is 1. The molecule has 1 aromatic heterocycles. The van der Waals surface area contributed by atoms with Crippen molar-refractivity contribution < 1.29 is 14.3 Å². The molecular formula is C17H20N4O3. The monoisotopic (exact) mass is 328 g/mol. The molecule has 4 rings (SSSR count). The summed E-state index contributed by atoms with van der Waals surface area (Å²) in [5.74, 6) is -0.219. The van der Waals surface area contributed by atoms with Gasteiger partial charge in [-0.3, -0.25) is 15.0 Å². The van der Waals surface area contributed by atoms with Gasteiger partial charge < -0.3 is 14.6 Å². The number of morpholine rings is 1. The predicted octanol–water partition coefficient (Wildman–Crippen LogP) is 1.08. The number of nitrogens with one attached hydrogen (secondary N) is 2. The van der Waals surface area contributed by atoms with E-state index in [0.29, 0.717) is 13.0 Å². The molecule has 2 saturated heterocycles. The highest BCUT2D eigenvalue weighted by molar-refractivity contribution is 6.09. The number of amides is 3. The Labute approximate surface area is 139 Å². The number of ether oxygens (including phenoxy) is 1. The molecular weight excluding hydrogens is 308 g/mol. The molecule has 1 atom stereocenters. The Balaban J connectivity index is 1.63. The Kier molecular flexibility index (Phi) is 3.95. The summed E-state index contributed by atoms with van der Waals surface area (Å²) in [6.45, 7) is 3.65. The van der Waals surface area contributed by atoms with Crippen molar-refractivity contribution in [1.82, 2.24) is 15.2 Å². The Bertz CT molecular complexity index is 779. The number of carbonyl (C=O) groups is 2. The molecule has 126 valence electrons. The molecule has 0 bridgehead atoms. The molecule has 7 heteroatoms. The Morgan fingerprint density at radius 2 is 2.17 bits per heavy atom. The Morgan fingerprint density at radius 3 is 2.96 bits per heavy atom. The second-order valence-electron chi connectivity index (χ2n) is 6.13. The van der Waals surface area contributed by atoms with E-state index in [1.807, 2.05) is 30.5 Å². The summed E-state index contributed by atoms with van der Waals surface area (Å²) in [4.78, 5) is 25.1. The molecule has 3 heterocycles. The summed E-state index contributed by atoms with van der Waals surface area (Å²) < 4.78 is 7.94. The summed E-state index contributed by atoms with van der Waals surface area (Å²) in [5, 5.41) is 6.72. The van der Waals surface area contributed by atoms with Crippen molar-refractivity contribution >= 4 is 28.5 Å². The molecule has 24 heavy (non-hydrogen) atoms. The van der Waals surface area contributed by atoms with Crippen molar-refractivity contribution in [2.75, 3.05) is 31.1 Å². The summed E-state index contributed by atoms with van der Waals surface area (Å²) in [5.41, 5.74) is 1.89. The van der Waals surface area contributed by atoms with Gasteiger partial charge in [-0.2, -0.15) is 0 Å². The van der Waals surface area contributed by atoms with Crippen molar-refractivity contribution in [3.05, 3.63) is 30.5 Å². The van der Waals surface area contributed by atoms with Crippen LogP contribution >= 0.6 is 0 Å². The van der Waals surface area contributed by atoms with Gasteiger partial charge >= 0.3 is 6.03 Å². The number of carbonyl (C=O) groups excluding carboxylic acids is 2. The fraction of sp³-hybridized carbons (Fsp3) is 0.412. The van der Waals surface area contributed by atoms with Crippen LogP contribution in [0.2, 0.25) is 0 Å². The number of hydrogen-bond acceptors (Lipinski definition) is 4. The highest BCUT2D eigenvalue weighted by Gasteiger charge is 2.26. The van der Waals surface area contributed by atoms with E-state index in [4.69, 9.17) is 4.74 Å². The first kappa shape index (κ1) is 15.2. The predicted molar refractivity (Wildman–Crippen MR) is 90.0 cm³/mol. The summed E-state index contributed by atoms with van der Waals surface area (Å²) >= 11 is 0. The highest BCUT2D eigenvalue weighted by Crippen LogP contribution is 2.29. The van der Waals surface area contributed by atoms with E-state index >= 15 is 0 Å². The molecule has 2 fully saturated rings. The fourth-order valence-corrected chi connectivity index (χ4v) is 3.35. The minimum atomic E-state index is -0.355. The van der Waals surface area contributed by atoms with Crippen molar-refractivity contribution in [1.29, 1.82) is 0 Å². The first-order valence-corrected chi connectivity index (χ1v) is 8.24. The molecule has 1 aromatic carbocycles. The lowest BCUT2D eigenvalue weighted by atomic mass is 10.1. The third-order valence-electron chi connectivity index (χ3n) is 4.54. The van der Waals surface area contributed by atoms with E-state index in [2.05, 4.69) is 15.2 Å². The molecule has 0 spiro atoms. The number of hydrogen-bond donors (Lipinski definition) is 2. The number of benzene rings is 1. The van der Waals surface area contributed by atoms with E-state index in [0.717, 1.165) is 42.8 Å². The zero-order valence-corrected chi connectivity index (χ0v) is 13.3. The van der Waals surface area contributed by atoms with Gasteiger partial charge in [0.25, 0.3) is 0 Å². The van der Waals surface area contributed by atoms with Gasteiger partial charge in [-0.25, -0.2) is 4.79 Å². The fourth-order valence-electron chi connectivity index (χ4n) is 3.35. The molecule has 0 aliphatic carbocycles. The molecule has 7 nitrogen and oxygen atoms in total. The summed E-state index contributed by atoms with van der Waals surface area (Å²) in [6, 6.07) is 7.57. The quantitative estimate of drug-likeness (QED) is 0.884. The maximum absolute atomic E-state index is 12.1. The lowest BCUT2D eigenvalue weighted by molar-refractivity contribution is -0.120. The van der Waals surface area contributed by atoms with Gasteiger partial charge in [0.05, 0.1) is 30.5 Å². The van der Waals surface area contributed by atoms with Crippen LogP contribution in [0.1, 0.15) is 6.42 Å². The molecule has 2 aliphatic heterocycles. The largest absolute Gasteiger partial charge is 0.374 e. The third-order valence-corrected chi connectivity index (χ3v) is 4.54. The van der Waals surface area contributed by atoms with Gasteiger partial charge in [-0.15, -0.1) is 0 Å². The number of rotatable bonds is 3. The molecule has 0 unspecified atom stereocenters. The minimum Gasteiger partial charge on any atom is -0.374 e. The van der Waals surface area contributed by atoms with Gasteiger partial charge in [0, 0.05) is 37.6 Å². The average molecular weight is 328 g/mol. The Hall–Kier alpha value is -2.38. The van der Waals surface area contributed by atoms with Crippen LogP contribution in [0.5, 0.6) is 0 Å². The first-order chi connectivity index (χ1) is 11.7. The third kappa shape index (κ3) is 2.76. The molecule has 2 N–H and O–H groups in total. The van der Waals surface area contributed by atoms with Gasteiger partial charge in [0.1, 0.15) is 0 Å². The van der Waals surface area contributed by atoms with E-state index < -0.39 is 0 Å². The first-order valence-electron chi connectivity index (χ1n) is 8.24. The molecule has 2 aromatic rings. The summed E-state index contributed by atoms with van der Waals surface area (Å²) in [7, 11) is 0. The zero-order chi connectivity index (χ0) is 16.5. The standard InChI is InChI=1S/C17H20N4O3/c22-16-5-8-21(17(23)19-16)15-3-1-2-14-13(15)4-7-20(14)11-12-10-18-6-9-24-12/h1-4,7,12,18H,5-6,8-11H2,(H,19,22,23)/t12-/m1/s1. The van der Waals surface area contributed by atoms with E-state index in [1.165, 1.54) is 0 Å². The number of imide groups is 1. The highest BCUT2D eigenvalue weighted by atomic mass is 16.5. The van der Waals surface area contributed by atoms with Crippen LogP contribution in [0.15, 0.2) is 30.5 Å². The SMILES string of the molecule is O=C1CCN(c2cccc3c2ccn3C[C@H]2CNCCO2)C(=O)N1. The molecule has 0 saturated carbocycles. The summed E-state index contributed by atoms with van der Waals surface area (Å²) in [6.07, 6.45) is 2.50. The number of nitrogens with zero attached hydrogens (tertiary/aromatic N) is 2. The zero-order valence-electron chi connectivity index (χ0n) is 13.3. The second kappa shape index (κ2) is 6.26. The van der Waals surface area contributed by atoms with Gasteiger partial charge in [-0.05, 0) is 18.2 Å². The van der Waals surface area contributed by atoms with Crippen LogP contribution in [0, 0.1) is 0 Å². The molecule has 0 radical (unpaired) electrons. The van der Waals surface area contributed by atoms with Crippen LogP contribution in [0.3, 0.4) is 0 Å². The van der Waals surface area contributed by atoms with Crippen LogP contribution < -0.4 is 15.5 Å². The van der Waals surface area contributed by atoms with Crippen LogP contribution in [-0.2, 0) is 16.1 Å². The lowest BCUT2D eigenvalue weighted by Gasteiger charge is -2.27. The van der Waals surface area contributed by atoms with E-state index in [-0.39, 0.29) is 18.0 Å². The van der Waals surface area contributed by atoms with E-state index in [9.17, 15) is 9.59 Å². The smallest absolute Gasteiger partial charge is 0.328 e. The maximum Gasteiger partial charge on any atom is 0.328 e. The van der Waals surface area contributed by atoms with Crippen molar-refractivity contribution in [2.45, 2.75) is 19.1 Å². The lowest BCUT2D eigenvalue weighted by Crippen LogP contribution is -2.49. The normalized spacial score (nSPS) is 22.0. The van der Waals surface area contributed by atoms with E-state index in [1.54, 1.807) is 4.90 Å². The molecule has 2 aliphatic rings. The number of fused-ring (bicyclic) bond motifs is 1.